The molecule has 1 atom stereocenters. The number of rotatable bonds is 5. The van der Waals surface area contributed by atoms with Gasteiger partial charge in [-0.25, -0.2) is 0 Å². The highest BCUT2D eigenvalue weighted by Gasteiger charge is 2.11. The van der Waals surface area contributed by atoms with E-state index in [0.717, 1.165) is 12.1 Å². The fourth-order valence-corrected chi connectivity index (χ4v) is 2.00. The van der Waals surface area contributed by atoms with Crippen molar-refractivity contribution in [3.05, 3.63) is 47.2 Å². The average molecular weight is 275 g/mol. The van der Waals surface area contributed by atoms with Crippen molar-refractivity contribution in [1.82, 2.24) is 15.5 Å². The van der Waals surface area contributed by atoms with Crippen LogP contribution in [0.5, 0.6) is 0 Å². The van der Waals surface area contributed by atoms with Gasteiger partial charge in [0.05, 0.1) is 7.05 Å². The smallest absolute Gasteiger partial charge is 0.271 e. The standard InChI is InChI=1S/C14H18N4O2/c1-10-16-17-13(20-10)9-18(3)8-11-4-6-12(7-5-11)14(19)15-2/h4-7H,8-9H2,1-3H3,(H,15,19)/p+1. The number of carbonyl (C=O) groups excluding carboxylic acids is 1. The highest BCUT2D eigenvalue weighted by Crippen LogP contribution is 2.03. The van der Waals surface area contributed by atoms with Crippen LogP contribution in [0, 0.1) is 6.92 Å². The van der Waals surface area contributed by atoms with Gasteiger partial charge in [-0.3, -0.25) is 4.79 Å². The lowest BCUT2D eigenvalue weighted by Crippen LogP contribution is -3.06. The predicted molar refractivity (Wildman–Crippen MR) is 73.2 cm³/mol. The van der Waals surface area contributed by atoms with E-state index in [1.807, 2.05) is 24.3 Å². The van der Waals surface area contributed by atoms with Crippen molar-refractivity contribution in [3.63, 3.8) is 0 Å². The van der Waals surface area contributed by atoms with Crippen molar-refractivity contribution in [2.45, 2.75) is 20.0 Å². The van der Waals surface area contributed by atoms with E-state index in [2.05, 4.69) is 22.6 Å². The predicted octanol–water partition coefficient (Wildman–Crippen LogP) is -0.0475. The van der Waals surface area contributed by atoms with Crippen molar-refractivity contribution >= 4 is 5.91 Å². The normalized spacial score (nSPS) is 12.2. The molecule has 1 aromatic carbocycles. The molecule has 6 heteroatoms. The van der Waals surface area contributed by atoms with E-state index in [0.29, 0.717) is 23.9 Å². The first-order chi connectivity index (χ1) is 9.58. The molecule has 0 saturated heterocycles. The lowest BCUT2D eigenvalue weighted by atomic mass is 10.1. The molecule has 6 nitrogen and oxygen atoms in total. The monoisotopic (exact) mass is 275 g/mol. The summed E-state index contributed by atoms with van der Waals surface area (Å²) in [4.78, 5) is 12.7. The first kappa shape index (κ1) is 14.2. The van der Waals surface area contributed by atoms with Crippen LogP contribution in [-0.4, -0.2) is 30.2 Å². The number of aryl methyl sites for hydroxylation is 1. The molecule has 0 fully saturated rings. The van der Waals surface area contributed by atoms with Gasteiger partial charge in [-0.2, -0.15) is 0 Å². The summed E-state index contributed by atoms with van der Waals surface area (Å²) >= 11 is 0. The summed E-state index contributed by atoms with van der Waals surface area (Å²) in [6.07, 6.45) is 0. The Morgan fingerprint density at radius 3 is 2.50 bits per heavy atom. The number of quaternary nitrogens is 1. The lowest BCUT2D eigenvalue weighted by molar-refractivity contribution is -0.909. The fraction of sp³-hybridized carbons (Fsp3) is 0.357. The minimum absolute atomic E-state index is 0.0708. The summed E-state index contributed by atoms with van der Waals surface area (Å²) in [5, 5.41) is 10.4. The second-order valence-corrected chi connectivity index (χ2v) is 4.80. The number of hydrogen-bond donors (Lipinski definition) is 2. The Kier molecular flexibility index (Phi) is 4.47. The second kappa shape index (κ2) is 6.29. The summed E-state index contributed by atoms with van der Waals surface area (Å²) in [7, 11) is 3.69. The number of aromatic nitrogens is 2. The van der Waals surface area contributed by atoms with Crippen LogP contribution in [0.2, 0.25) is 0 Å². The summed E-state index contributed by atoms with van der Waals surface area (Å²) in [6.45, 7) is 3.29. The third kappa shape index (κ3) is 3.64. The Morgan fingerprint density at radius 2 is 1.95 bits per heavy atom. The lowest BCUT2D eigenvalue weighted by Gasteiger charge is -2.11. The first-order valence-electron chi connectivity index (χ1n) is 6.50. The molecule has 0 aliphatic heterocycles. The van der Waals surface area contributed by atoms with Crippen LogP contribution in [0.25, 0.3) is 0 Å². The number of amides is 1. The molecule has 0 aliphatic carbocycles. The first-order valence-corrected chi connectivity index (χ1v) is 6.50. The molecule has 2 aromatic rings. The van der Waals surface area contributed by atoms with E-state index >= 15 is 0 Å². The quantitative estimate of drug-likeness (QED) is 0.802. The van der Waals surface area contributed by atoms with Crippen molar-refractivity contribution in [2.24, 2.45) is 0 Å². The number of nitrogens with one attached hydrogen (secondary N) is 2. The van der Waals surface area contributed by atoms with Crippen LogP contribution in [0.1, 0.15) is 27.7 Å². The van der Waals surface area contributed by atoms with Crippen LogP contribution in [0.15, 0.2) is 28.7 Å². The molecule has 2 rings (SSSR count). The van der Waals surface area contributed by atoms with Gasteiger partial charge in [0.1, 0.15) is 6.54 Å². The minimum atomic E-state index is -0.0708. The maximum absolute atomic E-state index is 11.4. The molecule has 1 heterocycles. The molecule has 1 unspecified atom stereocenters. The van der Waals surface area contributed by atoms with Crippen LogP contribution >= 0.6 is 0 Å². The van der Waals surface area contributed by atoms with Crippen LogP contribution < -0.4 is 10.2 Å². The number of benzene rings is 1. The van der Waals surface area contributed by atoms with Crippen molar-refractivity contribution in [1.29, 1.82) is 0 Å². The van der Waals surface area contributed by atoms with Gasteiger partial charge in [0, 0.05) is 25.1 Å². The van der Waals surface area contributed by atoms with E-state index in [9.17, 15) is 4.79 Å². The molecule has 1 amide bonds. The third-order valence-corrected chi connectivity index (χ3v) is 2.97. The zero-order valence-corrected chi connectivity index (χ0v) is 11.9. The molecule has 106 valence electrons. The van der Waals surface area contributed by atoms with Gasteiger partial charge in [-0.05, 0) is 12.1 Å². The minimum Gasteiger partial charge on any atom is -0.420 e. The van der Waals surface area contributed by atoms with Crippen LogP contribution in [-0.2, 0) is 13.1 Å². The zero-order valence-electron chi connectivity index (χ0n) is 11.9. The fourth-order valence-electron chi connectivity index (χ4n) is 2.00. The topological polar surface area (TPSA) is 72.5 Å². The summed E-state index contributed by atoms with van der Waals surface area (Å²) in [5.41, 5.74) is 1.83. The van der Waals surface area contributed by atoms with Gasteiger partial charge >= 0.3 is 0 Å². The Bertz CT molecular complexity index is 577. The number of nitrogens with zero attached hydrogens (tertiary/aromatic N) is 2. The maximum Gasteiger partial charge on any atom is 0.271 e. The second-order valence-electron chi connectivity index (χ2n) is 4.80. The van der Waals surface area contributed by atoms with Gasteiger partial charge in [-0.15, -0.1) is 10.2 Å². The number of hydrogen-bond acceptors (Lipinski definition) is 4. The highest BCUT2D eigenvalue weighted by molar-refractivity contribution is 5.93. The molecule has 0 spiro atoms. The third-order valence-electron chi connectivity index (χ3n) is 2.97. The Labute approximate surface area is 117 Å². The molecular formula is C14H19N4O2+. The number of carbonyl (C=O) groups is 1. The molecule has 0 aliphatic rings. The van der Waals surface area contributed by atoms with Gasteiger partial charge < -0.3 is 14.6 Å². The van der Waals surface area contributed by atoms with Gasteiger partial charge in [-0.1, -0.05) is 12.1 Å². The van der Waals surface area contributed by atoms with Gasteiger partial charge in [0.2, 0.25) is 5.89 Å². The zero-order chi connectivity index (χ0) is 14.5. The van der Waals surface area contributed by atoms with E-state index in [1.54, 1.807) is 14.0 Å². The Morgan fingerprint density at radius 1 is 1.25 bits per heavy atom. The maximum atomic E-state index is 11.4. The molecular weight excluding hydrogens is 256 g/mol. The summed E-state index contributed by atoms with van der Waals surface area (Å²) in [6, 6.07) is 7.59. The molecule has 0 radical (unpaired) electrons. The van der Waals surface area contributed by atoms with E-state index < -0.39 is 0 Å². The molecule has 0 bridgehead atoms. The van der Waals surface area contributed by atoms with E-state index in [-0.39, 0.29) is 5.91 Å². The molecule has 1 aromatic heterocycles. The largest absolute Gasteiger partial charge is 0.420 e. The van der Waals surface area contributed by atoms with Crippen molar-refractivity contribution < 1.29 is 14.1 Å². The van der Waals surface area contributed by atoms with Crippen LogP contribution in [0.3, 0.4) is 0 Å². The summed E-state index contributed by atoms with van der Waals surface area (Å²) in [5.74, 6) is 1.16. The Hall–Kier alpha value is -2.21. The molecule has 2 N–H and O–H groups in total. The van der Waals surface area contributed by atoms with Gasteiger partial charge in [0.15, 0.2) is 6.54 Å². The molecule has 20 heavy (non-hydrogen) atoms. The van der Waals surface area contributed by atoms with Crippen molar-refractivity contribution in [3.8, 4) is 0 Å². The van der Waals surface area contributed by atoms with E-state index in [4.69, 9.17) is 4.42 Å². The SMILES string of the molecule is CNC(=O)c1ccc(C[NH+](C)Cc2nnc(C)o2)cc1. The van der Waals surface area contributed by atoms with Gasteiger partial charge in [0.25, 0.3) is 11.8 Å². The van der Waals surface area contributed by atoms with Crippen LogP contribution in [0.4, 0.5) is 0 Å². The average Bonchev–Trinajstić information content (AvgIpc) is 2.84. The van der Waals surface area contributed by atoms with E-state index in [1.165, 1.54) is 4.90 Å². The Balaban J connectivity index is 1.94. The van der Waals surface area contributed by atoms with Crippen molar-refractivity contribution in [2.75, 3.05) is 14.1 Å². The highest BCUT2D eigenvalue weighted by atomic mass is 16.4. The molecule has 0 saturated carbocycles. The summed E-state index contributed by atoms with van der Waals surface area (Å²) < 4.78 is 5.36.